The normalized spacial score (nSPS) is 10.0. The van der Waals surface area contributed by atoms with Gasteiger partial charge in [0.1, 0.15) is 0 Å². The average Bonchev–Trinajstić information content (AvgIpc) is 2.43. The van der Waals surface area contributed by atoms with Gasteiger partial charge in [0.05, 0.1) is 15.7 Å². The molecular weight excluding hydrogens is 285 g/mol. The third kappa shape index (κ3) is 3.84. The highest BCUT2D eigenvalue weighted by molar-refractivity contribution is 6.43. The maximum Gasteiger partial charge on any atom is 0.319 e. The summed E-state index contributed by atoms with van der Waals surface area (Å²) in [5.74, 6) is 0. The Labute approximate surface area is 120 Å². The number of hydrogen-bond acceptors (Lipinski definition) is 2. The zero-order valence-corrected chi connectivity index (χ0v) is 11.4. The quantitative estimate of drug-likeness (QED) is 0.907. The van der Waals surface area contributed by atoms with Crippen LogP contribution in [0.25, 0.3) is 0 Å². The smallest absolute Gasteiger partial charge is 0.319 e. The molecule has 2 N–H and O–H groups in total. The molecule has 19 heavy (non-hydrogen) atoms. The van der Waals surface area contributed by atoms with Crippen molar-refractivity contribution >= 4 is 34.9 Å². The molecule has 2 rings (SSSR count). The average molecular weight is 296 g/mol. The van der Waals surface area contributed by atoms with E-state index in [-0.39, 0.29) is 6.03 Å². The molecule has 0 unspecified atom stereocenters. The van der Waals surface area contributed by atoms with Crippen molar-refractivity contribution in [2.75, 3.05) is 5.32 Å². The van der Waals surface area contributed by atoms with Crippen molar-refractivity contribution in [3.63, 3.8) is 0 Å². The first kappa shape index (κ1) is 13.6. The van der Waals surface area contributed by atoms with Gasteiger partial charge in [-0.15, -0.1) is 0 Å². The molecule has 0 spiro atoms. The van der Waals surface area contributed by atoms with Gasteiger partial charge in [-0.3, -0.25) is 4.98 Å². The van der Waals surface area contributed by atoms with E-state index in [1.807, 2.05) is 12.1 Å². The fourth-order valence-corrected chi connectivity index (χ4v) is 1.80. The van der Waals surface area contributed by atoms with Crippen LogP contribution in [0, 0.1) is 0 Å². The molecule has 0 bridgehead atoms. The van der Waals surface area contributed by atoms with E-state index in [0.29, 0.717) is 22.3 Å². The molecule has 1 aromatic heterocycles. The molecule has 0 aliphatic heterocycles. The lowest BCUT2D eigenvalue weighted by Crippen LogP contribution is -2.28. The Morgan fingerprint density at radius 1 is 1.16 bits per heavy atom. The summed E-state index contributed by atoms with van der Waals surface area (Å²) < 4.78 is 0. The van der Waals surface area contributed by atoms with E-state index in [9.17, 15) is 4.79 Å². The van der Waals surface area contributed by atoms with Gasteiger partial charge < -0.3 is 10.6 Å². The molecular formula is C13H11Cl2N3O. The van der Waals surface area contributed by atoms with Crippen LogP contribution in [0.3, 0.4) is 0 Å². The molecule has 0 aliphatic rings. The van der Waals surface area contributed by atoms with Crippen molar-refractivity contribution in [2.45, 2.75) is 6.54 Å². The van der Waals surface area contributed by atoms with Gasteiger partial charge in [-0.1, -0.05) is 29.3 Å². The summed E-state index contributed by atoms with van der Waals surface area (Å²) in [7, 11) is 0. The van der Waals surface area contributed by atoms with Gasteiger partial charge in [-0.2, -0.15) is 0 Å². The molecule has 0 radical (unpaired) electrons. The monoisotopic (exact) mass is 295 g/mol. The number of nitrogens with zero attached hydrogens (tertiary/aromatic N) is 1. The van der Waals surface area contributed by atoms with E-state index in [1.54, 1.807) is 30.6 Å². The van der Waals surface area contributed by atoms with Crippen LogP contribution in [0.15, 0.2) is 42.7 Å². The molecule has 6 heteroatoms. The number of hydrogen-bond donors (Lipinski definition) is 2. The highest BCUT2D eigenvalue weighted by Crippen LogP contribution is 2.29. The van der Waals surface area contributed by atoms with E-state index in [1.165, 1.54) is 0 Å². The van der Waals surface area contributed by atoms with Gasteiger partial charge in [0, 0.05) is 18.9 Å². The summed E-state index contributed by atoms with van der Waals surface area (Å²) >= 11 is 11.8. The highest BCUT2D eigenvalue weighted by atomic mass is 35.5. The van der Waals surface area contributed by atoms with Crippen LogP contribution in [0.5, 0.6) is 0 Å². The Hall–Kier alpha value is -1.78. The molecule has 1 aromatic carbocycles. The van der Waals surface area contributed by atoms with Crippen LogP contribution in [0.1, 0.15) is 5.56 Å². The van der Waals surface area contributed by atoms with Gasteiger partial charge in [0.15, 0.2) is 0 Å². The Kier molecular flexibility index (Phi) is 4.60. The summed E-state index contributed by atoms with van der Waals surface area (Å²) in [5.41, 5.74) is 1.43. The van der Waals surface area contributed by atoms with Crippen molar-refractivity contribution < 1.29 is 4.79 Å². The van der Waals surface area contributed by atoms with E-state index in [0.717, 1.165) is 5.56 Å². The minimum Gasteiger partial charge on any atom is -0.334 e. The van der Waals surface area contributed by atoms with E-state index < -0.39 is 0 Å². The van der Waals surface area contributed by atoms with E-state index >= 15 is 0 Å². The summed E-state index contributed by atoms with van der Waals surface area (Å²) in [6.07, 6.45) is 3.34. The number of nitrogens with one attached hydrogen (secondary N) is 2. The molecule has 2 aromatic rings. The maximum absolute atomic E-state index is 11.7. The largest absolute Gasteiger partial charge is 0.334 e. The van der Waals surface area contributed by atoms with Crippen molar-refractivity contribution in [2.24, 2.45) is 0 Å². The fraction of sp³-hybridized carbons (Fsp3) is 0.0769. The number of rotatable bonds is 3. The third-order valence-corrected chi connectivity index (χ3v) is 3.22. The summed E-state index contributed by atoms with van der Waals surface area (Å²) in [5, 5.41) is 6.07. The van der Waals surface area contributed by atoms with Gasteiger partial charge in [-0.25, -0.2) is 4.79 Å². The van der Waals surface area contributed by atoms with Crippen molar-refractivity contribution in [3.8, 4) is 0 Å². The Balaban J connectivity index is 1.93. The number of carbonyl (C=O) groups excluding carboxylic acids is 1. The number of aromatic nitrogens is 1. The van der Waals surface area contributed by atoms with Gasteiger partial charge in [-0.05, 0) is 29.8 Å². The standard InChI is InChI=1S/C13H11Cl2N3O/c14-10-2-1-3-11(12(10)15)18-13(19)17-8-9-4-6-16-7-5-9/h1-7H,8H2,(H2,17,18,19). The zero-order chi connectivity index (χ0) is 13.7. The number of urea groups is 1. The number of carbonyl (C=O) groups is 1. The Morgan fingerprint density at radius 3 is 2.63 bits per heavy atom. The number of amides is 2. The van der Waals surface area contributed by atoms with Gasteiger partial charge >= 0.3 is 6.03 Å². The second kappa shape index (κ2) is 6.41. The van der Waals surface area contributed by atoms with Crippen LogP contribution in [-0.4, -0.2) is 11.0 Å². The predicted octanol–water partition coefficient (Wildman–Crippen LogP) is 3.71. The SMILES string of the molecule is O=C(NCc1ccncc1)Nc1cccc(Cl)c1Cl. The molecule has 0 saturated heterocycles. The van der Waals surface area contributed by atoms with Crippen LogP contribution in [-0.2, 0) is 6.54 Å². The van der Waals surface area contributed by atoms with Gasteiger partial charge in [0.25, 0.3) is 0 Å². The number of anilines is 1. The van der Waals surface area contributed by atoms with Gasteiger partial charge in [0.2, 0.25) is 0 Å². The zero-order valence-electron chi connectivity index (χ0n) is 9.86. The van der Waals surface area contributed by atoms with E-state index in [4.69, 9.17) is 23.2 Å². The Bertz CT molecular complexity index is 575. The number of halogens is 2. The minimum absolute atomic E-state index is 0.322. The minimum atomic E-state index is -0.346. The molecule has 0 aliphatic carbocycles. The lowest BCUT2D eigenvalue weighted by Gasteiger charge is -2.09. The predicted molar refractivity (Wildman–Crippen MR) is 76.6 cm³/mol. The van der Waals surface area contributed by atoms with Crippen LogP contribution < -0.4 is 10.6 Å². The molecule has 0 saturated carbocycles. The first-order valence-corrected chi connectivity index (χ1v) is 6.30. The summed E-state index contributed by atoms with van der Waals surface area (Å²) in [6.45, 7) is 0.409. The maximum atomic E-state index is 11.7. The van der Waals surface area contributed by atoms with Crippen molar-refractivity contribution in [1.29, 1.82) is 0 Å². The summed E-state index contributed by atoms with van der Waals surface area (Å²) in [4.78, 5) is 15.6. The fourth-order valence-electron chi connectivity index (χ4n) is 1.45. The molecule has 0 fully saturated rings. The molecule has 4 nitrogen and oxygen atoms in total. The number of pyridine rings is 1. The second-order valence-corrected chi connectivity index (χ2v) is 4.55. The first-order valence-electron chi connectivity index (χ1n) is 5.54. The third-order valence-electron chi connectivity index (χ3n) is 2.40. The molecule has 1 heterocycles. The van der Waals surface area contributed by atoms with Crippen LogP contribution in [0.2, 0.25) is 10.0 Å². The van der Waals surface area contributed by atoms with Crippen molar-refractivity contribution in [3.05, 3.63) is 58.3 Å². The molecule has 2 amide bonds. The van der Waals surface area contributed by atoms with Crippen LogP contribution >= 0.6 is 23.2 Å². The first-order chi connectivity index (χ1) is 9.16. The topological polar surface area (TPSA) is 54.0 Å². The molecule has 0 atom stereocenters. The van der Waals surface area contributed by atoms with Crippen LogP contribution in [0.4, 0.5) is 10.5 Å². The number of benzene rings is 1. The lowest BCUT2D eigenvalue weighted by molar-refractivity contribution is 0.251. The van der Waals surface area contributed by atoms with Crippen molar-refractivity contribution in [1.82, 2.24) is 10.3 Å². The lowest BCUT2D eigenvalue weighted by atomic mass is 10.3. The molecule has 98 valence electrons. The Morgan fingerprint density at radius 2 is 1.89 bits per heavy atom. The van der Waals surface area contributed by atoms with E-state index in [2.05, 4.69) is 15.6 Å². The highest BCUT2D eigenvalue weighted by Gasteiger charge is 2.07. The second-order valence-electron chi connectivity index (χ2n) is 3.76. The summed E-state index contributed by atoms with van der Waals surface area (Å²) in [6, 6.07) is 8.36.